The van der Waals surface area contributed by atoms with Gasteiger partial charge in [-0.15, -0.1) is 11.8 Å². The summed E-state index contributed by atoms with van der Waals surface area (Å²) in [5.41, 5.74) is 0.435. The number of hydrogen-bond donors (Lipinski definition) is 0. The van der Waals surface area contributed by atoms with Crippen LogP contribution in [0.5, 0.6) is 0 Å². The molecule has 0 N–H and O–H groups in total. The summed E-state index contributed by atoms with van der Waals surface area (Å²) in [6.07, 6.45) is 0. The first-order valence-electron chi connectivity index (χ1n) is 5.88. The molecule has 4 heteroatoms. The number of carbonyl (C=O) groups excluding carboxylic acids is 1. The fraction of sp³-hybridized carbons (Fsp3) is 0.133. The number of Topliss-reactive ketones (excluding diaryl/α,β-unsaturated/α-hetero) is 1. The van der Waals surface area contributed by atoms with Crippen molar-refractivity contribution in [3.8, 4) is 0 Å². The average molecular weight is 276 g/mol. The molecule has 19 heavy (non-hydrogen) atoms. The number of fused-ring (bicyclic) bond motifs is 1. The molecule has 1 heterocycles. The molecular weight excluding hydrogens is 266 g/mol. The van der Waals surface area contributed by atoms with Gasteiger partial charge in [0.1, 0.15) is 11.6 Å². The van der Waals surface area contributed by atoms with Crippen molar-refractivity contribution in [2.45, 2.75) is 10.8 Å². The van der Waals surface area contributed by atoms with Crippen LogP contribution in [0.15, 0.2) is 47.4 Å². The van der Waals surface area contributed by atoms with E-state index in [1.165, 1.54) is 6.07 Å². The van der Waals surface area contributed by atoms with Gasteiger partial charge in [0.15, 0.2) is 5.78 Å². The van der Waals surface area contributed by atoms with E-state index in [9.17, 15) is 13.6 Å². The molecule has 0 aliphatic carbocycles. The number of rotatable bonds is 2. The average Bonchev–Trinajstić information content (AvgIpc) is 2.82. The lowest BCUT2D eigenvalue weighted by atomic mass is 9.92. The summed E-state index contributed by atoms with van der Waals surface area (Å²) in [6, 6.07) is 11.0. The molecule has 2 aromatic carbocycles. The summed E-state index contributed by atoms with van der Waals surface area (Å²) in [5.74, 6) is -1.99. The predicted molar refractivity (Wildman–Crippen MR) is 70.6 cm³/mol. The number of hydrogen-bond acceptors (Lipinski definition) is 2. The maximum atomic E-state index is 13.7. The third-order valence-corrected chi connectivity index (χ3v) is 4.41. The molecule has 1 aliphatic heterocycles. The van der Waals surface area contributed by atoms with Crippen molar-refractivity contribution in [3.63, 3.8) is 0 Å². The van der Waals surface area contributed by atoms with Crippen LogP contribution in [0.1, 0.15) is 21.8 Å². The van der Waals surface area contributed by atoms with Crippen molar-refractivity contribution in [3.05, 3.63) is 65.2 Å². The van der Waals surface area contributed by atoms with Crippen LogP contribution in [0.2, 0.25) is 0 Å². The Morgan fingerprint density at radius 1 is 1.05 bits per heavy atom. The molecule has 0 fully saturated rings. The molecule has 1 aliphatic rings. The Balaban J connectivity index is 2.03. The molecule has 0 spiro atoms. The maximum Gasteiger partial charge on any atom is 0.177 e. The Kier molecular flexibility index (Phi) is 3.11. The molecule has 96 valence electrons. The molecule has 0 radical (unpaired) electrons. The van der Waals surface area contributed by atoms with Crippen LogP contribution in [-0.4, -0.2) is 11.5 Å². The number of ketones is 1. The van der Waals surface area contributed by atoms with Gasteiger partial charge in [0, 0.05) is 10.6 Å². The fourth-order valence-electron chi connectivity index (χ4n) is 2.29. The standard InChI is InChI=1S/C15H10F2OS/c16-11-5-3-6-12(17)14(11)15(18)10-8-19-13-7-2-1-4-9(10)13/h1-7,10H,8H2. The Morgan fingerprint density at radius 2 is 1.74 bits per heavy atom. The molecule has 1 nitrogen and oxygen atoms in total. The van der Waals surface area contributed by atoms with E-state index in [0.29, 0.717) is 5.75 Å². The Morgan fingerprint density at radius 3 is 2.47 bits per heavy atom. The summed E-state index contributed by atoms with van der Waals surface area (Å²) in [7, 11) is 0. The molecule has 0 aromatic heterocycles. The third-order valence-electron chi connectivity index (χ3n) is 3.23. The van der Waals surface area contributed by atoms with Gasteiger partial charge in [0.25, 0.3) is 0 Å². The lowest BCUT2D eigenvalue weighted by Crippen LogP contribution is -2.16. The number of halogens is 2. The van der Waals surface area contributed by atoms with Crippen molar-refractivity contribution in [1.82, 2.24) is 0 Å². The van der Waals surface area contributed by atoms with Gasteiger partial charge >= 0.3 is 0 Å². The van der Waals surface area contributed by atoms with Crippen LogP contribution in [-0.2, 0) is 0 Å². The van der Waals surface area contributed by atoms with E-state index in [1.54, 1.807) is 11.8 Å². The van der Waals surface area contributed by atoms with E-state index in [2.05, 4.69) is 0 Å². The zero-order valence-electron chi connectivity index (χ0n) is 9.90. The molecule has 1 atom stereocenters. The summed E-state index contributed by atoms with van der Waals surface area (Å²) in [4.78, 5) is 13.4. The molecule has 0 bridgehead atoms. The highest BCUT2D eigenvalue weighted by atomic mass is 32.2. The minimum atomic E-state index is -0.792. The molecular formula is C15H10F2OS. The van der Waals surface area contributed by atoms with Gasteiger partial charge in [-0.25, -0.2) is 8.78 Å². The first-order chi connectivity index (χ1) is 9.18. The van der Waals surface area contributed by atoms with E-state index < -0.39 is 28.9 Å². The second-order valence-corrected chi connectivity index (χ2v) is 5.42. The summed E-state index contributed by atoms with van der Waals surface area (Å²) in [6.45, 7) is 0. The van der Waals surface area contributed by atoms with Crippen molar-refractivity contribution in [2.75, 3.05) is 5.75 Å². The molecule has 1 unspecified atom stereocenters. The monoisotopic (exact) mass is 276 g/mol. The Bertz CT molecular complexity index is 634. The fourth-order valence-corrected chi connectivity index (χ4v) is 3.52. The maximum absolute atomic E-state index is 13.7. The van der Waals surface area contributed by atoms with Crippen molar-refractivity contribution in [1.29, 1.82) is 0 Å². The first kappa shape index (κ1) is 12.4. The van der Waals surface area contributed by atoms with E-state index >= 15 is 0 Å². The van der Waals surface area contributed by atoms with Crippen LogP contribution in [0.3, 0.4) is 0 Å². The van der Waals surface area contributed by atoms with Gasteiger partial charge < -0.3 is 0 Å². The molecule has 0 saturated carbocycles. The number of carbonyl (C=O) groups is 1. The highest BCUT2D eigenvalue weighted by Crippen LogP contribution is 2.41. The first-order valence-corrected chi connectivity index (χ1v) is 6.87. The lowest BCUT2D eigenvalue weighted by molar-refractivity contribution is 0.0960. The zero-order valence-corrected chi connectivity index (χ0v) is 10.7. The van der Waals surface area contributed by atoms with E-state index in [0.717, 1.165) is 22.6 Å². The normalized spacial score (nSPS) is 17.3. The van der Waals surface area contributed by atoms with Crippen LogP contribution < -0.4 is 0 Å². The molecule has 2 aromatic rings. The predicted octanol–water partition coefficient (Wildman–Crippen LogP) is 4.04. The van der Waals surface area contributed by atoms with Gasteiger partial charge in [0.05, 0.1) is 11.5 Å². The Hall–Kier alpha value is -1.68. The van der Waals surface area contributed by atoms with Crippen LogP contribution >= 0.6 is 11.8 Å². The topological polar surface area (TPSA) is 17.1 Å². The summed E-state index contributed by atoms with van der Waals surface area (Å²) in [5, 5.41) is 0. The second kappa shape index (κ2) is 4.78. The quantitative estimate of drug-likeness (QED) is 0.770. The molecule has 0 amide bonds. The van der Waals surface area contributed by atoms with E-state index in [1.807, 2.05) is 24.3 Å². The minimum Gasteiger partial charge on any atom is -0.293 e. The SMILES string of the molecule is O=C(c1c(F)cccc1F)C1CSc2ccccc21. The van der Waals surface area contributed by atoms with E-state index in [4.69, 9.17) is 0 Å². The van der Waals surface area contributed by atoms with Gasteiger partial charge in [-0.2, -0.15) is 0 Å². The van der Waals surface area contributed by atoms with Crippen molar-refractivity contribution >= 4 is 17.5 Å². The lowest BCUT2D eigenvalue weighted by Gasteiger charge is -2.11. The Labute approximate surface area is 113 Å². The van der Waals surface area contributed by atoms with Gasteiger partial charge in [-0.3, -0.25) is 4.79 Å². The molecule has 0 saturated heterocycles. The smallest absolute Gasteiger partial charge is 0.177 e. The van der Waals surface area contributed by atoms with E-state index in [-0.39, 0.29) is 0 Å². The van der Waals surface area contributed by atoms with Crippen LogP contribution in [0.25, 0.3) is 0 Å². The highest BCUT2D eigenvalue weighted by molar-refractivity contribution is 7.99. The largest absolute Gasteiger partial charge is 0.293 e. The van der Waals surface area contributed by atoms with Gasteiger partial charge in [-0.1, -0.05) is 24.3 Å². The zero-order chi connectivity index (χ0) is 13.4. The number of benzene rings is 2. The minimum absolute atomic E-state index is 0.426. The van der Waals surface area contributed by atoms with Crippen molar-refractivity contribution < 1.29 is 13.6 Å². The second-order valence-electron chi connectivity index (χ2n) is 4.36. The number of thioether (sulfide) groups is 1. The highest BCUT2D eigenvalue weighted by Gasteiger charge is 2.32. The third kappa shape index (κ3) is 2.06. The van der Waals surface area contributed by atoms with Gasteiger partial charge in [0.2, 0.25) is 0 Å². The summed E-state index contributed by atoms with van der Waals surface area (Å²) < 4.78 is 27.3. The van der Waals surface area contributed by atoms with Crippen LogP contribution in [0, 0.1) is 11.6 Å². The van der Waals surface area contributed by atoms with Crippen molar-refractivity contribution in [2.24, 2.45) is 0 Å². The summed E-state index contributed by atoms with van der Waals surface area (Å²) >= 11 is 1.54. The molecule has 3 rings (SSSR count). The van der Waals surface area contributed by atoms with Gasteiger partial charge in [-0.05, 0) is 23.8 Å². The van der Waals surface area contributed by atoms with Crippen LogP contribution in [0.4, 0.5) is 8.78 Å².